The van der Waals surface area contributed by atoms with Crippen LogP contribution in [0.25, 0.3) is 21.4 Å². The highest BCUT2D eigenvalue weighted by Gasteiger charge is 2.23. The number of aromatic nitrogens is 1. The fourth-order valence-corrected chi connectivity index (χ4v) is 3.61. The Balaban J connectivity index is 2.36. The molecule has 1 aromatic carbocycles. The highest BCUT2D eigenvalue weighted by atomic mass is 79.9. The van der Waals surface area contributed by atoms with Gasteiger partial charge < -0.3 is 9.52 Å². The number of carboxylic acids is 1. The molecular formula is C13H8BrNO3S. The van der Waals surface area contributed by atoms with Crippen molar-refractivity contribution in [2.45, 2.75) is 6.92 Å². The van der Waals surface area contributed by atoms with Gasteiger partial charge in [0.15, 0.2) is 9.61 Å². The van der Waals surface area contributed by atoms with Gasteiger partial charge in [0.1, 0.15) is 11.3 Å². The average molecular weight is 338 g/mol. The van der Waals surface area contributed by atoms with Crippen molar-refractivity contribution < 1.29 is 14.3 Å². The number of aromatic carboxylic acids is 1. The molecule has 96 valence electrons. The fraction of sp³-hybridized carbons (Fsp3) is 0.0769. The third-order valence-electron chi connectivity index (χ3n) is 2.80. The molecule has 19 heavy (non-hydrogen) atoms. The molecule has 0 aliphatic rings. The third kappa shape index (κ3) is 1.97. The predicted octanol–water partition coefficient (Wildman–Crippen LogP) is 4.33. The van der Waals surface area contributed by atoms with E-state index in [9.17, 15) is 9.90 Å². The molecule has 2 heterocycles. The van der Waals surface area contributed by atoms with Gasteiger partial charge in [-0.3, -0.25) is 0 Å². The van der Waals surface area contributed by atoms with Crippen molar-refractivity contribution in [3.63, 3.8) is 0 Å². The predicted molar refractivity (Wildman–Crippen MR) is 76.7 cm³/mol. The number of para-hydroxylation sites is 1. The van der Waals surface area contributed by atoms with Crippen molar-refractivity contribution in [1.82, 2.24) is 4.98 Å². The largest absolute Gasteiger partial charge is 0.476 e. The number of hydrogen-bond acceptors (Lipinski definition) is 4. The van der Waals surface area contributed by atoms with E-state index in [1.54, 1.807) is 0 Å². The maximum atomic E-state index is 11.3. The number of nitrogens with zero attached hydrogens (tertiary/aromatic N) is 1. The second-order valence-electron chi connectivity index (χ2n) is 3.98. The Labute approximate surface area is 120 Å². The Bertz CT molecular complexity index is 790. The minimum Gasteiger partial charge on any atom is -0.476 e. The summed E-state index contributed by atoms with van der Waals surface area (Å²) in [6.45, 7) is 1.83. The number of aryl methyl sites for hydroxylation is 1. The van der Waals surface area contributed by atoms with Crippen LogP contribution in [0.3, 0.4) is 0 Å². The second kappa shape index (κ2) is 4.47. The SMILES string of the molecule is Cc1oc2ccccc2c1-c1sc(Br)nc1C(=O)O. The molecule has 2 aromatic heterocycles. The van der Waals surface area contributed by atoms with Gasteiger partial charge in [0.05, 0.1) is 4.88 Å². The lowest BCUT2D eigenvalue weighted by Crippen LogP contribution is -1.98. The first kappa shape index (κ1) is 12.4. The van der Waals surface area contributed by atoms with Crippen molar-refractivity contribution in [1.29, 1.82) is 0 Å². The third-order valence-corrected chi connectivity index (χ3v) is 4.33. The number of fused-ring (bicyclic) bond motifs is 1. The summed E-state index contributed by atoms with van der Waals surface area (Å²) in [6.07, 6.45) is 0. The summed E-state index contributed by atoms with van der Waals surface area (Å²) in [7, 11) is 0. The number of carboxylic acid groups (broad SMARTS) is 1. The Morgan fingerprint density at radius 1 is 1.42 bits per heavy atom. The standard InChI is InChI=1S/C13H8BrNO3S/c1-6-9(7-4-2-3-5-8(7)18-6)11-10(12(16)17)15-13(14)19-11/h2-5H,1H3,(H,16,17). The summed E-state index contributed by atoms with van der Waals surface area (Å²) in [5.41, 5.74) is 1.60. The molecule has 0 spiro atoms. The van der Waals surface area contributed by atoms with E-state index >= 15 is 0 Å². The van der Waals surface area contributed by atoms with Gasteiger partial charge in [0.25, 0.3) is 0 Å². The lowest BCUT2D eigenvalue weighted by Gasteiger charge is -1.97. The molecule has 0 unspecified atom stereocenters. The maximum absolute atomic E-state index is 11.3. The number of rotatable bonds is 2. The molecule has 3 rings (SSSR count). The lowest BCUT2D eigenvalue weighted by molar-refractivity contribution is 0.0692. The van der Waals surface area contributed by atoms with E-state index in [2.05, 4.69) is 20.9 Å². The van der Waals surface area contributed by atoms with Crippen molar-refractivity contribution in [3.8, 4) is 10.4 Å². The number of thiazole rings is 1. The molecule has 1 N–H and O–H groups in total. The minimum atomic E-state index is -1.04. The van der Waals surface area contributed by atoms with Crippen LogP contribution in [0.2, 0.25) is 0 Å². The zero-order valence-electron chi connectivity index (χ0n) is 9.81. The quantitative estimate of drug-likeness (QED) is 0.756. The molecular weight excluding hydrogens is 330 g/mol. The molecule has 0 fully saturated rings. The summed E-state index contributed by atoms with van der Waals surface area (Å²) in [5.74, 6) is -0.346. The van der Waals surface area contributed by atoms with Gasteiger partial charge in [-0.2, -0.15) is 0 Å². The minimum absolute atomic E-state index is 0.0477. The monoisotopic (exact) mass is 337 g/mol. The molecule has 3 aromatic rings. The molecule has 0 radical (unpaired) electrons. The molecule has 0 aliphatic heterocycles. The number of benzene rings is 1. The molecule has 0 amide bonds. The number of hydrogen-bond donors (Lipinski definition) is 1. The van der Waals surface area contributed by atoms with Crippen molar-refractivity contribution >= 4 is 44.2 Å². The number of carbonyl (C=O) groups is 1. The van der Waals surface area contributed by atoms with Gasteiger partial charge in [-0.15, -0.1) is 11.3 Å². The van der Waals surface area contributed by atoms with E-state index < -0.39 is 5.97 Å². The Hall–Kier alpha value is -1.66. The van der Waals surface area contributed by atoms with E-state index in [0.717, 1.165) is 16.5 Å². The number of furan rings is 1. The molecule has 0 saturated carbocycles. The van der Waals surface area contributed by atoms with Crippen molar-refractivity contribution in [2.75, 3.05) is 0 Å². The van der Waals surface area contributed by atoms with E-state index in [1.807, 2.05) is 31.2 Å². The number of halogens is 1. The Morgan fingerprint density at radius 2 is 2.16 bits per heavy atom. The van der Waals surface area contributed by atoms with Crippen LogP contribution in [0.4, 0.5) is 0 Å². The van der Waals surface area contributed by atoms with Crippen LogP contribution in [-0.2, 0) is 0 Å². The highest BCUT2D eigenvalue weighted by molar-refractivity contribution is 9.11. The average Bonchev–Trinajstić information content (AvgIpc) is 2.88. The van der Waals surface area contributed by atoms with E-state index in [1.165, 1.54) is 11.3 Å². The van der Waals surface area contributed by atoms with Crippen LogP contribution in [-0.4, -0.2) is 16.1 Å². The summed E-state index contributed by atoms with van der Waals surface area (Å²) >= 11 is 4.53. The van der Waals surface area contributed by atoms with Crippen LogP contribution in [0.5, 0.6) is 0 Å². The first-order valence-corrected chi connectivity index (χ1v) is 7.07. The summed E-state index contributed by atoms with van der Waals surface area (Å²) in [5, 5.41) is 10.1. The Kier molecular flexibility index (Phi) is 2.91. The van der Waals surface area contributed by atoms with Crippen LogP contribution < -0.4 is 0 Å². The normalized spacial score (nSPS) is 11.1. The van der Waals surface area contributed by atoms with Crippen molar-refractivity contribution in [2.24, 2.45) is 0 Å². The lowest BCUT2D eigenvalue weighted by atomic mass is 10.1. The first-order chi connectivity index (χ1) is 9.08. The van der Waals surface area contributed by atoms with E-state index in [4.69, 9.17) is 4.42 Å². The van der Waals surface area contributed by atoms with Gasteiger partial charge in [-0.05, 0) is 28.9 Å². The summed E-state index contributed by atoms with van der Waals surface area (Å²) in [6, 6.07) is 7.57. The fourth-order valence-electron chi connectivity index (χ4n) is 2.06. The van der Waals surface area contributed by atoms with E-state index in [0.29, 0.717) is 14.6 Å². The van der Waals surface area contributed by atoms with Gasteiger partial charge in [0, 0.05) is 10.9 Å². The zero-order chi connectivity index (χ0) is 13.6. The van der Waals surface area contributed by atoms with Crippen LogP contribution in [0.15, 0.2) is 32.6 Å². The molecule has 4 nitrogen and oxygen atoms in total. The van der Waals surface area contributed by atoms with Crippen LogP contribution >= 0.6 is 27.3 Å². The summed E-state index contributed by atoms with van der Waals surface area (Å²) < 4.78 is 6.21. The maximum Gasteiger partial charge on any atom is 0.356 e. The van der Waals surface area contributed by atoms with Gasteiger partial charge in [-0.1, -0.05) is 18.2 Å². The molecule has 6 heteroatoms. The topological polar surface area (TPSA) is 63.3 Å². The smallest absolute Gasteiger partial charge is 0.356 e. The highest BCUT2D eigenvalue weighted by Crippen LogP contribution is 2.40. The van der Waals surface area contributed by atoms with Crippen LogP contribution in [0, 0.1) is 6.92 Å². The van der Waals surface area contributed by atoms with Gasteiger partial charge in [0.2, 0.25) is 0 Å². The van der Waals surface area contributed by atoms with Crippen molar-refractivity contribution in [3.05, 3.63) is 39.6 Å². The second-order valence-corrected chi connectivity index (χ2v) is 6.25. The molecule has 0 aliphatic carbocycles. The summed E-state index contributed by atoms with van der Waals surface area (Å²) in [4.78, 5) is 15.9. The zero-order valence-corrected chi connectivity index (χ0v) is 12.2. The molecule has 0 bridgehead atoms. The van der Waals surface area contributed by atoms with Crippen LogP contribution in [0.1, 0.15) is 16.2 Å². The molecule has 0 saturated heterocycles. The first-order valence-electron chi connectivity index (χ1n) is 5.46. The Morgan fingerprint density at radius 3 is 2.89 bits per heavy atom. The van der Waals surface area contributed by atoms with E-state index in [-0.39, 0.29) is 5.69 Å². The van der Waals surface area contributed by atoms with Gasteiger partial charge >= 0.3 is 5.97 Å². The molecule has 0 atom stereocenters. The van der Waals surface area contributed by atoms with Gasteiger partial charge in [-0.25, -0.2) is 9.78 Å².